The van der Waals surface area contributed by atoms with Crippen LogP contribution in [0, 0.1) is 5.82 Å². The Balaban J connectivity index is 1.82. The van der Waals surface area contributed by atoms with Crippen molar-refractivity contribution in [3.8, 4) is 5.75 Å². The molecule has 1 saturated heterocycles. The van der Waals surface area contributed by atoms with Crippen molar-refractivity contribution in [2.24, 2.45) is 0 Å². The van der Waals surface area contributed by atoms with Crippen molar-refractivity contribution in [1.82, 2.24) is 14.8 Å². The van der Waals surface area contributed by atoms with Crippen LogP contribution in [0.3, 0.4) is 0 Å². The highest BCUT2D eigenvalue weighted by Gasteiger charge is 2.36. The lowest BCUT2D eigenvalue weighted by Gasteiger charge is -2.46. The third-order valence-corrected chi connectivity index (χ3v) is 5.24. The number of piperazine rings is 1. The maximum Gasteiger partial charge on any atom is 0.257 e. The van der Waals surface area contributed by atoms with Gasteiger partial charge in [-0.1, -0.05) is 17.7 Å². The molecule has 1 atom stereocenters. The van der Waals surface area contributed by atoms with Gasteiger partial charge in [-0.05, 0) is 45.0 Å². The third kappa shape index (κ3) is 4.62. The molecule has 1 amide bonds. The second-order valence-electron chi connectivity index (χ2n) is 7.87. The lowest BCUT2D eigenvalue weighted by Crippen LogP contribution is -2.61. The zero-order chi connectivity index (χ0) is 20.3. The van der Waals surface area contributed by atoms with E-state index in [2.05, 4.69) is 30.7 Å². The summed E-state index contributed by atoms with van der Waals surface area (Å²) in [7, 11) is 0. The van der Waals surface area contributed by atoms with Crippen LogP contribution in [-0.2, 0) is 0 Å². The molecule has 150 valence electrons. The first-order chi connectivity index (χ1) is 13.3. The number of carbonyl (C=O) groups excluding carboxylic acids is 1. The maximum atomic E-state index is 14.4. The third-order valence-electron chi connectivity index (χ3n) is 4.95. The Bertz CT molecular complexity index is 826. The summed E-state index contributed by atoms with van der Waals surface area (Å²) in [6.07, 6.45) is 3.31. The van der Waals surface area contributed by atoms with E-state index in [4.69, 9.17) is 16.3 Å². The molecule has 0 N–H and O–H groups in total. The predicted molar refractivity (Wildman–Crippen MR) is 107 cm³/mol. The monoisotopic (exact) mass is 405 g/mol. The molecule has 3 rings (SSSR count). The number of ether oxygens (including phenoxy) is 1. The number of hydrogen-bond acceptors (Lipinski definition) is 4. The molecule has 2 aromatic rings. The molecule has 0 aliphatic carbocycles. The number of nitrogens with zero attached hydrogens (tertiary/aromatic N) is 3. The smallest absolute Gasteiger partial charge is 0.257 e. The van der Waals surface area contributed by atoms with Gasteiger partial charge in [-0.25, -0.2) is 4.39 Å². The van der Waals surface area contributed by atoms with Crippen LogP contribution in [0.5, 0.6) is 5.75 Å². The fraction of sp³-hybridized carbons (Fsp3) is 0.429. The van der Waals surface area contributed by atoms with Crippen LogP contribution in [0.2, 0.25) is 5.02 Å². The Morgan fingerprint density at radius 1 is 1.29 bits per heavy atom. The van der Waals surface area contributed by atoms with Gasteiger partial charge in [0.05, 0.1) is 22.8 Å². The average Bonchev–Trinajstić information content (AvgIpc) is 2.68. The highest BCUT2D eigenvalue weighted by atomic mass is 35.5. The van der Waals surface area contributed by atoms with Crippen molar-refractivity contribution in [2.75, 3.05) is 26.2 Å². The first-order valence-corrected chi connectivity index (χ1v) is 9.68. The molecule has 0 spiro atoms. The van der Waals surface area contributed by atoms with E-state index in [9.17, 15) is 9.18 Å². The normalized spacial score (nSPS) is 18.2. The Kier molecular flexibility index (Phi) is 6.20. The summed E-state index contributed by atoms with van der Waals surface area (Å²) < 4.78 is 20.3. The number of carbonyl (C=O) groups is 1. The van der Waals surface area contributed by atoms with Gasteiger partial charge in [0.2, 0.25) is 0 Å². The summed E-state index contributed by atoms with van der Waals surface area (Å²) in [6, 6.07) is 7.89. The summed E-state index contributed by atoms with van der Waals surface area (Å²) in [5, 5.41) is -0.0534. The van der Waals surface area contributed by atoms with Crippen molar-refractivity contribution < 1.29 is 13.9 Å². The average molecular weight is 406 g/mol. The fourth-order valence-corrected chi connectivity index (χ4v) is 3.50. The van der Waals surface area contributed by atoms with E-state index in [1.807, 2.05) is 6.07 Å². The van der Waals surface area contributed by atoms with Crippen molar-refractivity contribution in [3.63, 3.8) is 0 Å². The molecule has 1 aliphatic rings. The van der Waals surface area contributed by atoms with Crippen LogP contribution in [0.1, 0.15) is 31.1 Å². The molecule has 0 saturated carbocycles. The maximum absolute atomic E-state index is 14.4. The van der Waals surface area contributed by atoms with Gasteiger partial charge >= 0.3 is 0 Å². The predicted octanol–water partition coefficient (Wildman–Crippen LogP) is 3.88. The van der Waals surface area contributed by atoms with Gasteiger partial charge in [-0.3, -0.25) is 14.7 Å². The van der Waals surface area contributed by atoms with Gasteiger partial charge in [-0.2, -0.15) is 0 Å². The van der Waals surface area contributed by atoms with Crippen LogP contribution in [-0.4, -0.2) is 58.5 Å². The van der Waals surface area contributed by atoms with Crippen molar-refractivity contribution in [2.45, 2.75) is 32.4 Å². The standard InChI is InChI=1S/C21H25ClFN3O2/c1-21(2,3)25-10-11-26(20(27)17-7-4-8-18(22)19(17)23)15(13-25)14-28-16-6-5-9-24-12-16/h4-9,12,15H,10-11,13-14H2,1-3H3. The summed E-state index contributed by atoms with van der Waals surface area (Å²) in [4.78, 5) is 21.1. The summed E-state index contributed by atoms with van der Waals surface area (Å²) in [5.41, 5.74) is -0.0497. The van der Waals surface area contributed by atoms with Crippen molar-refractivity contribution in [1.29, 1.82) is 0 Å². The first kappa shape index (κ1) is 20.6. The van der Waals surface area contributed by atoms with Gasteiger partial charge in [-0.15, -0.1) is 0 Å². The summed E-state index contributed by atoms with van der Waals surface area (Å²) >= 11 is 5.87. The molecular weight excluding hydrogens is 381 g/mol. The summed E-state index contributed by atoms with van der Waals surface area (Å²) in [5.74, 6) is -0.413. The Hall–Kier alpha value is -2.18. The topological polar surface area (TPSA) is 45.7 Å². The van der Waals surface area contributed by atoms with Crippen molar-refractivity contribution >= 4 is 17.5 Å². The van der Waals surface area contributed by atoms with E-state index in [0.29, 0.717) is 32.0 Å². The molecule has 5 nitrogen and oxygen atoms in total. The molecule has 1 aliphatic heterocycles. The Labute approximate surface area is 170 Å². The van der Waals surface area contributed by atoms with Gasteiger partial charge < -0.3 is 9.64 Å². The highest BCUT2D eigenvalue weighted by Crippen LogP contribution is 2.24. The van der Waals surface area contributed by atoms with Crippen LogP contribution in [0.15, 0.2) is 42.7 Å². The SMILES string of the molecule is CC(C)(C)N1CCN(C(=O)c2cccc(Cl)c2F)C(COc2cccnc2)C1. The summed E-state index contributed by atoms with van der Waals surface area (Å²) in [6.45, 7) is 8.55. The van der Waals surface area contributed by atoms with Gasteiger partial charge in [0.15, 0.2) is 5.82 Å². The van der Waals surface area contributed by atoms with Crippen LogP contribution >= 0.6 is 11.6 Å². The number of amides is 1. The molecular formula is C21H25ClFN3O2. The van der Waals surface area contributed by atoms with Gasteiger partial charge in [0, 0.05) is 31.4 Å². The number of rotatable bonds is 4. The number of pyridine rings is 1. The van der Waals surface area contributed by atoms with E-state index in [-0.39, 0.29) is 28.1 Å². The quantitative estimate of drug-likeness (QED) is 0.774. The van der Waals surface area contributed by atoms with Crippen LogP contribution in [0.25, 0.3) is 0 Å². The largest absolute Gasteiger partial charge is 0.490 e. The second kappa shape index (κ2) is 8.45. The van der Waals surface area contributed by atoms with E-state index >= 15 is 0 Å². The van der Waals surface area contributed by atoms with Crippen molar-refractivity contribution in [3.05, 3.63) is 59.1 Å². The lowest BCUT2D eigenvalue weighted by molar-refractivity contribution is 0.00688. The highest BCUT2D eigenvalue weighted by molar-refractivity contribution is 6.31. The molecule has 1 fully saturated rings. The molecule has 1 aromatic heterocycles. The van der Waals surface area contributed by atoms with E-state index in [1.54, 1.807) is 29.4 Å². The van der Waals surface area contributed by atoms with E-state index in [0.717, 1.165) is 0 Å². The minimum atomic E-state index is -0.681. The lowest BCUT2D eigenvalue weighted by atomic mass is 10.0. The number of aromatic nitrogens is 1. The fourth-order valence-electron chi connectivity index (χ4n) is 3.32. The molecule has 0 bridgehead atoms. The second-order valence-corrected chi connectivity index (χ2v) is 8.28. The minimum absolute atomic E-state index is 0.0110. The first-order valence-electron chi connectivity index (χ1n) is 9.30. The van der Waals surface area contributed by atoms with Gasteiger partial charge in [0.1, 0.15) is 12.4 Å². The zero-order valence-corrected chi connectivity index (χ0v) is 17.1. The number of halogens is 2. The Morgan fingerprint density at radius 2 is 2.07 bits per heavy atom. The number of hydrogen-bond donors (Lipinski definition) is 0. The molecule has 28 heavy (non-hydrogen) atoms. The Morgan fingerprint density at radius 3 is 2.75 bits per heavy atom. The molecule has 7 heteroatoms. The minimum Gasteiger partial charge on any atom is -0.490 e. The molecule has 1 unspecified atom stereocenters. The molecule has 0 radical (unpaired) electrons. The van der Waals surface area contributed by atoms with Crippen LogP contribution < -0.4 is 4.74 Å². The number of benzene rings is 1. The van der Waals surface area contributed by atoms with E-state index < -0.39 is 5.82 Å². The van der Waals surface area contributed by atoms with Crippen LogP contribution in [0.4, 0.5) is 4.39 Å². The van der Waals surface area contributed by atoms with E-state index in [1.165, 1.54) is 12.1 Å². The zero-order valence-electron chi connectivity index (χ0n) is 16.4. The molecule has 1 aromatic carbocycles. The van der Waals surface area contributed by atoms with Gasteiger partial charge in [0.25, 0.3) is 5.91 Å². The molecule has 2 heterocycles.